The SMILES string of the molecule is Cc1ccc(S(=O)(=O)N2[C@@H](COC(=O)N3CCCC(N4CCCC4)C3)CCC[C@H]2C)cc1. The molecule has 32 heavy (non-hydrogen) atoms. The molecule has 3 saturated heterocycles. The van der Waals surface area contributed by atoms with Crippen molar-refractivity contribution >= 4 is 16.1 Å². The molecule has 1 aromatic rings. The van der Waals surface area contributed by atoms with Crippen molar-refractivity contribution in [2.75, 3.05) is 32.8 Å². The number of likely N-dealkylation sites (tertiary alicyclic amines) is 2. The number of hydrogen-bond donors (Lipinski definition) is 0. The molecule has 0 aromatic heterocycles. The average molecular weight is 464 g/mol. The van der Waals surface area contributed by atoms with Gasteiger partial charge in [0.05, 0.1) is 10.9 Å². The number of hydrogen-bond acceptors (Lipinski definition) is 5. The van der Waals surface area contributed by atoms with Gasteiger partial charge in [-0.25, -0.2) is 13.2 Å². The van der Waals surface area contributed by atoms with Gasteiger partial charge in [-0.2, -0.15) is 4.31 Å². The molecule has 0 spiro atoms. The maximum Gasteiger partial charge on any atom is 0.409 e. The molecule has 1 unspecified atom stereocenters. The van der Waals surface area contributed by atoms with Gasteiger partial charge in [0.25, 0.3) is 0 Å². The van der Waals surface area contributed by atoms with Crippen LogP contribution < -0.4 is 0 Å². The van der Waals surface area contributed by atoms with Gasteiger partial charge in [-0.1, -0.05) is 24.1 Å². The van der Waals surface area contributed by atoms with E-state index in [1.807, 2.05) is 30.9 Å². The molecule has 1 amide bonds. The predicted octanol–water partition coefficient (Wildman–Crippen LogP) is 3.62. The van der Waals surface area contributed by atoms with Crippen molar-refractivity contribution in [2.45, 2.75) is 81.8 Å². The van der Waals surface area contributed by atoms with Crippen LogP contribution in [0.4, 0.5) is 4.79 Å². The molecular formula is C24H37N3O4S. The summed E-state index contributed by atoms with van der Waals surface area (Å²) in [5.41, 5.74) is 1.02. The topological polar surface area (TPSA) is 70.2 Å². The molecule has 3 aliphatic rings. The van der Waals surface area contributed by atoms with Crippen molar-refractivity contribution in [3.8, 4) is 0 Å². The van der Waals surface area contributed by atoms with Crippen LogP contribution in [0.1, 0.15) is 57.4 Å². The number of carbonyl (C=O) groups excluding carboxylic acids is 1. The maximum atomic E-state index is 13.4. The second-order valence-electron chi connectivity index (χ2n) is 9.64. The third-order valence-electron chi connectivity index (χ3n) is 7.26. The number of sulfonamides is 1. The molecule has 0 radical (unpaired) electrons. The van der Waals surface area contributed by atoms with E-state index in [4.69, 9.17) is 4.74 Å². The highest BCUT2D eigenvalue weighted by molar-refractivity contribution is 7.89. The van der Waals surface area contributed by atoms with Crippen LogP contribution in [0.25, 0.3) is 0 Å². The monoisotopic (exact) mass is 463 g/mol. The van der Waals surface area contributed by atoms with E-state index in [9.17, 15) is 13.2 Å². The first-order valence-electron chi connectivity index (χ1n) is 12.1. The van der Waals surface area contributed by atoms with E-state index in [0.717, 1.165) is 50.9 Å². The Morgan fingerprint density at radius 1 is 1.00 bits per heavy atom. The maximum absolute atomic E-state index is 13.4. The van der Waals surface area contributed by atoms with Crippen molar-refractivity contribution in [3.05, 3.63) is 29.8 Å². The Hall–Kier alpha value is -1.64. The smallest absolute Gasteiger partial charge is 0.409 e. The van der Waals surface area contributed by atoms with E-state index in [0.29, 0.717) is 23.9 Å². The number of rotatable bonds is 5. The lowest BCUT2D eigenvalue weighted by atomic mass is 10.0. The third kappa shape index (κ3) is 5.13. The van der Waals surface area contributed by atoms with Crippen LogP contribution >= 0.6 is 0 Å². The first-order valence-corrected chi connectivity index (χ1v) is 13.6. The minimum atomic E-state index is -3.65. The molecule has 0 N–H and O–H groups in total. The predicted molar refractivity (Wildman–Crippen MR) is 124 cm³/mol. The fourth-order valence-corrected chi connectivity index (χ4v) is 7.33. The molecule has 3 atom stereocenters. The van der Waals surface area contributed by atoms with Gasteiger partial charge in [-0.05, 0) is 77.6 Å². The Balaban J connectivity index is 1.40. The molecule has 0 bridgehead atoms. The van der Waals surface area contributed by atoms with Gasteiger partial charge in [0.2, 0.25) is 10.0 Å². The van der Waals surface area contributed by atoms with Crippen molar-refractivity contribution in [1.29, 1.82) is 0 Å². The molecule has 0 saturated carbocycles. The minimum absolute atomic E-state index is 0.110. The van der Waals surface area contributed by atoms with Crippen molar-refractivity contribution < 1.29 is 17.9 Å². The number of ether oxygens (including phenoxy) is 1. The van der Waals surface area contributed by atoms with Crippen molar-refractivity contribution in [2.24, 2.45) is 0 Å². The van der Waals surface area contributed by atoms with E-state index in [-0.39, 0.29) is 24.8 Å². The number of aryl methyl sites for hydroxylation is 1. The number of nitrogens with zero attached hydrogens (tertiary/aromatic N) is 3. The van der Waals surface area contributed by atoms with Gasteiger partial charge >= 0.3 is 6.09 Å². The largest absolute Gasteiger partial charge is 0.448 e. The van der Waals surface area contributed by atoms with E-state index in [2.05, 4.69) is 4.90 Å². The summed E-state index contributed by atoms with van der Waals surface area (Å²) in [5.74, 6) is 0. The molecule has 4 rings (SSSR count). The fraction of sp³-hybridized carbons (Fsp3) is 0.708. The van der Waals surface area contributed by atoms with Gasteiger partial charge in [0.1, 0.15) is 6.61 Å². The zero-order chi connectivity index (χ0) is 22.7. The first-order chi connectivity index (χ1) is 15.4. The lowest BCUT2D eigenvalue weighted by Crippen LogP contribution is -2.52. The summed E-state index contributed by atoms with van der Waals surface area (Å²) in [6.07, 6.45) is 6.76. The zero-order valence-corrected chi connectivity index (χ0v) is 20.2. The summed E-state index contributed by atoms with van der Waals surface area (Å²) < 4.78 is 34.2. The quantitative estimate of drug-likeness (QED) is 0.667. The van der Waals surface area contributed by atoms with Crippen LogP contribution in [-0.2, 0) is 14.8 Å². The van der Waals surface area contributed by atoms with E-state index in [1.165, 1.54) is 12.8 Å². The summed E-state index contributed by atoms with van der Waals surface area (Å²) in [4.78, 5) is 17.5. The molecule has 8 heteroatoms. The molecule has 3 aliphatic heterocycles. The van der Waals surface area contributed by atoms with E-state index in [1.54, 1.807) is 16.4 Å². The normalized spacial score (nSPS) is 28.1. The van der Waals surface area contributed by atoms with Crippen molar-refractivity contribution in [3.63, 3.8) is 0 Å². The number of carbonyl (C=O) groups is 1. The Morgan fingerprint density at radius 3 is 2.44 bits per heavy atom. The van der Waals surface area contributed by atoms with Gasteiger partial charge in [0, 0.05) is 25.2 Å². The minimum Gasteiger partial charge on any atom is -0.448 e. The van der Waals surface area contributed by atoms with E-state index < -0.39 is 10.0 Å². The summed E-state index contributed by atoms with van der Waals surface area (Å²) in [5, 5.41) is 0. The van der Waals surface area contributed by atoms with Crippen LogP contribution in [0.5, 0.6) is 0 Å². The molecule has 7 nitrogen and oxygen atoms in total. The van der Waals surface area contributed by atoms with Crippen molar-refractivity contribution in [1.82, 2.24) is 14.1 Å². The highest BCUT2D eigenvalue weighted by atomic mass is 32.2. The standard InChI is InChI=1S/C24H37N3O4S/c1-19-10-12-23(13-11-19)32(29,30)27-20(2)7-5-8-22(27)18-31-24(28)26-16-6-9-21(17-26)25-14-3-4-15-25/h10-13,20-22H,3-9,14-18H2,1-2H3/t20-,21?,22-/m1/s1. The molecule has 0 aliphatic carbocycles. The summed E-state index contributed by atoms with van der Waals surface area (Å²) in [6.45, 7) is 7.68. The molecule has 1 aromatic carbocycles. The Labute approximate surface area is 192 Å². The lowest BCUT2D eigenvalue weighted by Gasteiger charge is -2.40. The van der Waals surface area contributed by atoms with E-state index >= 15 is 0 Å². The summed E-state index contributed by atoms with van der Waals surface area (Å²) in [6, 6.07) is 6.96. The Bertz CT molecular complexity index is 883. The Kier molecular flexibility index (Phi) is 7.42. The fourth-order valence-electron chi connectivity index (χ4n) is 5.47. The van der Waals surface area contributed by atoms with Crippen LogP contribution in [0.15, 0.2) is 29.2 Å². The molecule has 3 heterocycles. The van der Waals surface area contributed by atoms with Gasteiger partial charge < -0.3 is 9.64 Å². The Morgan fingerprint density at radius 2 is 1.72 bits per heavy atom. The summed E-state index contributed by atoms with van der Waals surface area (Å²) >= 11 is 0. The van der Waals surface area contributed by atoms with Gasteiger partial charge in [0.15, 0.2) is 0 Å². The zero-order valence-electron chi connectivity index (χ0n) is 19.4. The molecule has 178 valence electrons. The van der Waals surface area contributed by atoms with Gasteiger partial charge in [-0.3, -0.25) is 4.90 Å². The van der Waals surface area contributed by atoms with Crippen LogP contribution in [0, 0.1) is 6.92 Å². The highest BCUT2D eigenvalue weighted by Crippen LogP contribution is 2.30. The second kappa shape index (κ2) is 10.1. The average Bonchev–Trinajstić information content (AvgIpc) is 3.33. The van der Waals surface area contributed by atoms with Gasteiger partial charge in [-0.15, -0.1) is 0 Å². The number of benzene rings is 1. The number of amides is 1. The molecule has 3 fully saturated rings. The first kappa shape index (κ1) is 23.5. The second-order valence-corrected chi connectivity index (χ2v) is 11.5. The van der Waals surface area contributed by atoms with Crippen LogP contribution in [0.2, 0.25) is 0 Å². The van der Waals surface area contributed by atoms with Crippen LogP contribution in [0.3, 0.4) is 0 Å². The van der Waals surface area contributed by atoms with Crippen LogP contribution in [-0.4, -0.2) is 79.5 Å². The summed E-state index contributed by atoms with van der Waals surface area (Å²) in [7, 11) is -3.65. The number of piperidine rings is 2. The lowest BCUT2D eigenvalue weighted by molar-refractivity contribution is 0.0475. The third-order valence-corrected chi connectivity index (χ3v) is 9.34. The molecular weight excluding hydrogens is 426 g/mol. The highest BCUT2D eigenvalue weighted by Gasteiger charge is 2.39.